The summed E-state index contributed by atoms with van der Waals surface area (Å²) in [4.78, 5) is 37.1. The lowest BCUT2D eigenvalue weighted by Gasteiger charge is -2.16. The third-order valence-electron chi connectivity index (χ3n) is 4.05. The van der Waals surface area contributed by atoms with Gasteiger partial charge in [-0.2, -0.15) is 0 Å². The number of rotatable bonds is 4. The summed E-state index contributed by atoms with van der Waals surface area (Å²) in [6.45, 7) is 2.09. The summed E-state index contributed by atoms with van der Waals surface area (Å²) in [6.07, 6.45) is 1.42. The summed E-state index contributed by atoms with van der Waals surface area (Å²) in [5.74, 6) is -0.434. The summed E-state index contributed by atoms with van der Waals surface area (Å²) in [5.41, 5.74) is 2.21. The summed E-state index contributed by atoms with van der Waals surface area (Å²) in [7, 11) is 0. The number of anilines is 3. The molecule has 0 atom stereocenters. The highest BCUT2D eigenvalue weighted by molar-refractivity contribution is 6.33. The molecule has 0 bridgehead atoms. The van der Waals surface area contributed by atoms with Gasteiger partial charge in [0.25, 0.3) is 5.91 Å². The smallest absolute Gasteiger partial charge is 0.255 e. The van der Waals surface area contributed by atoms with E-state index >= 15 is 0 Å². The van der Waals surface area contributed by atoms with Crippen LogP contribution in [0.25, 0.3) is 0 Å². The fourth-order valence-electron chi connectivity index (χ4n) is 2.81. The summed E-state index contributed by atoms with van der Waals surface area (Å²) < 4.78 is 0. The molecule has 0 saturated carbocycles. The van der Waals surface area contributed by atoms with Crippen molar-refractivity contribution >= 4 is 46.4 Å². The second kappa shape index (κ2) is 7.58. The number of amides is 3. The predicted molar refractivity (Wildman–Crippen MR) is 102 cm³/mol. The minimum atomic E-state index is -0.291. The first kappa shape index (κ1) is 17.9. The number of halogens is 1. The number of nitrogens with one attached hydrogen (secondary N) is 2. The minimum absolute atomic E-state index is 0.105. The molecule has 3 amide bonds. The van der Waals surface area contributed by atoms with Crippen LogP contribution in [-0.4, -0.2) is 24.3 Å². The highest BCUT2D eigenvalue weighted by atomic mass is 35.5. The van der Waals surface area contributed by atoms with E-state index in [1.807, 2.05) is 0 Å². The molecule has 0 spiro atoms. The third-order valence-corrected chi connectivity index (χ3v) is 4.38. The van der Waals surface area contributed by atoms with Gasteiger partial charge in [-0.3, -0.25) is 14.4 Å². The zero-order valence-electron chi connectivity index (χ0n) is 14.2. The molecule has 7 heteroatoms. The molecule has 0 unspecified atom stereocenters. The first-order valence-corrected chi connectivity index (χ1v) is 8.61. The Morgan fingerprint density at radius 3 is 2.42 bits per heavy atom. The van der Waals surface area contributed by atoms with Crippen LogP contribution < -0.4 is 15.5 Å². The SMILES string of the molecule is CC(=O)Nc1cc(NC(=O)c2ccc(N3CCCC3=O)cc2)ccc1Cl. The number of benzene rings is 2. The average molecular weight is 372 g/mol. The van der Waals surface area contributed by atoms with Crippen molar-refractivity contribution < 1.29 is 14.4 Å². The van der Waals surface area contributed by atoms with Crippen molar-refractivity contribution in [3.63, 3.8) is 0 Å². The van der Waals surface area contributed by atoms with Crippen molar-refractivity contribution in [1.82, 2.24) is 0 Å². The molecular weight excluding hydrogens is 354 g/mol. The predicted octanol–water partition coefficient (Wildman–Crippen LogP) is 3.68. The Morgan fingerprint density at radius 1 is 1.08 bits per heavy atom. The maximum absolute atomic E-state index is 12.4. The van der Waals surface area contributed by atoms with Crippen LogP contribution in [0.2, 0.25) is 5.02 Å². The van der Waals surface area contributed by atoms with E-state index in [1.54, 1.807) is 47.4 Å². The molecule has 1 heterocycles. The lowest BCUT2D eigenvalue weighted by Crippen LogP contribution is -2.23. The van der Waals surface area contributed by atoms with E-state index in [2.05, 4.69) is 10.6 Å². The molecule has 1 saturated heterocycles. The normalized spacial score (nSPS) is 13.6. The Balaban J connectivity index is 1.72. The van der Waals surface area contributed by atoms with E-state index in [-0.39, 0.29) is 17.7 Å². The van der Waals surface area contributed by atoms with Crippen LogP contribution in [0.15, 0.2) is 42.5 Å². The molecule has 6 nitrogen and oxygen atoms in total. The van der Waals surface area contributed by atoms with Gasteiger partial charge in [-0.05, 0) is 48.9 Å². The van der Waals surface area contributed by atoms with Gasteiger partial charge < -0.3 is 15.5 Å². The highest BCUT2D eigenvalue weighted by Gasteiger charge is 2.21. The average Bonchev–Trinajstić information content (AvgIpc) is 3.03. The van der Waals surface area contributed by atoms with Gasteiger partial charge in [0.15, 0.2) is 0 Å². The first-order valence-electron chi connectivity index (χ1n) is 8.23. The fourth-order valence-corrected chi connectivity index (χ4v) is 2.97. The van der Waals surface area contributed by atoms with Crippen molar-refractivity contribution in [3.05, 3.63) is 53.1 Å². The molecule has 3 rings (SSSR count). The maximum atomic E-state index is 12.4. The zero-order valence-corrected chi connectivity index (χ0v) is 15.0. The number of nitrogens with zero attached hydrogens (tertiary/aromatic N) is 1. The Morgan fingerprint density at radius 2 is 1.81 bits per heavy atom. The summed E-state index contributed by atoms with van der Waals surface area (Å²) in [5, 5.41) is 5.76. The molecule has 2 aromatic carbocycles. The molecule has 0 aromatic heterocycles. The molecular formula is C19H18ClN3O3. The van der Waals surface area contributed by atoms with Gasteiger partial charge in [-0.15, -0.1) is 0 Å². The van der Waals surface area contributed by atoms with Crippen LogP contribution in [0.4, 0.5) is 17.1 Å². The zero-order chi connectivity index (χ0) is 18.7. The number of carbonyl (C=O) groups excluding carboxylic acids is 3. The van der Waals surface area contributed by atoms with E-state index in [0.29, 0.717) is 34.9 Å². The van der Waals surface area contributed by atoms with Gasteiger partial charge in [0.05, 0.1) is 10.7 Å². The van der Waals surface area contributed by atoms with Gasteiger partial charge in [-0.25, -0.2) is 0 Å². The van der Waals surface area contributed by atoms with Gasteiger partial charge in [-0.1, -0.05) is 11.6 Å². The van der Waals surface area contributed by atoms with E-state index in [9.17, 15) is 14.4 Å². The van der Waals surface area contributed by atoms with E-state index in [4.69, 9.17) is 11.6 Å². The van der Waals surface area contributed by atoms with Gasteiger partial charge in [0, 0.05) is 36.8 Å². The lowest BCUT2D eigenvalue weighted by molar-refractivity contribution is -0.117. The molecule has 134 valence electrons. The van der Waals surface area contributed by atoms with Gasteiger partial charge >= 0.3 is 0 Å². The third kappa shape index (κ3) is 4.03. The molecule has 1 aliphatic rings. The fraction of sp³-hybridized carbons (Fsp3) is 0.211. The standard InChI is InChI=1S/C19H18ClN3O3/c1-12(24)21-17-11-14(6-9-16(17)20)22-19(26)13-4-7-15(8-5-13)23-10-2-3-18(23)25/h4-9,11H,2-3,10H2,1H3,(H,21,24)(H,22,26). The second-order valence-corrected chi connectivity index (χ2v) is 6.43. The number of hydrogen-bond acceptors (Lipinski definition) is 3. The Kier molecular flexibility index (Phi) is 5.23. The molecule has 26 heavy (non-hydrogen) atoms. The summed E-state index contributed by atoms with van der Waals surface area (Å²) in [6, 6.07) is 11.7. The van der Waals surface area contributed by atoms with Crippen LogP contribution in [0.3, 0.4) is 0 Å². The van der Waals surface area contributed by atoms with Crippen molar-refractivity contribution in [2.75, 3.05) is 22.1 Å². The minimum Gasteiger partial charge on any atom is -0.325 e. The number of hydrogen-bond donors (Lipinski definition) is 2. The Bertz CT molecular complexity index is 865. The van der Waals surface area contributed by atoms with Crippen molar-refractivity contribution in [2.45, 2.75) is 19.8 Å². The van der Waals surface area contributed by atoms with E-state index in [1.165, 1.54) is 6.92 Å². The lowest BCUT2D eigenvalue weighted by atomic mass is 10.1. The first-order chi connectivity index (χ1) is 12.4. The summed E-state index contributed by atoms with van der Waals surface area (Å²) >= 11 is 6.03. The molecule has 0 radical (unpaired) electrons. The maximum Gasteiger partial charge on any atom is 0.255 e. The highest BCUT2D eigenvalue weighted by Crippen LogP contribution is 2.26. The van der Waals surface area contributed by atoms with Crippen molar-refractivity contribution in [1.29, 1.82) is 0 Å². The second-order valence-electron chi connectivity index (χ2n) is 6.03. The monoisotopic (exact) mass is 371 g/mol. The molecule has 1 fully saturated rings. The molecule has 2 N–H and O–H groups in total. The largest absolute Gasteiger partial charge is 0.325 e. The van der Waals surface area contributed by atoms with Crippen LogP contribution in [-0.2, 0) is 9.59 Å². The molecule has 1 aliphatic heterocycles. The Labute approximate surface area is 156 Å². The van der Waals surface area contributed by atoms with E-state index in [0.717, 1.165) is 12.1 Å². The van der Waals surface area contributed by atoms with Crippen molar-refractivity contribution in [3.8, 4) is 0 Å². The quantitative estimate of drug-likeness (QED) is 0.860. The van der Waals surface area contributed by atoms with Crippen molar-refractivity contribution in [2.24, 2.45) is 0 Å². The molecule has 0 aliphatic carbocycles. The van der Waals surface area contributed by atoms with Crippen LogP contribution in [0.1, 0.15) is 30.1 Å². The number of carbonyl (C=O) groups is 3. The Hall–Kier alpha value is -2.86. The van der Waals surface area contributed by atoms with E-state index < -0.39 is 0 Å². The van der Waals surface area contributed by atoms with Crippen LogP contribution in [0.5, 0.6) is 0 Å². The van der Waals surface area contributed by atoms with Gasteiger partial charge in [0.2, 0.25) is 11.8 Å². The van der Waals surface area contributed by atoms with Crippen LogP contribution >= 0.6 is 11.6 Å². The molecule has 2 aromatic rings. The van der Waals surface area contributed by atoms with Crippen LogP contribution in [0, 0.1) is 0 Å². The van der Waals surface area contributed by atoms with Gasteiger partial charge in [0.1, 0.15) is 0 Å². The topological polar surface area (TPSA) is 78.5 Å².